The minimum atomic E-state index is -0.739. The van der Waals surface area contributed by atoms with E-state index in [4.69, 9.17) is 5.11 Å². The van der Waals surface area contributed by atoms with E-state index in [1.165, 1.54) is 12.1 Å². The number of likely N-dealkylation sites (N-methyl/N-ethyl adjacent to an activating group) is 1. The predicted molar refractivity (Wildman–Crippen MR) is 67.7 cm³/mol. The lowest BCUT2D eigenvalue weighted by molar-refractivity contribution is 0.0645. The highest BCUT2D eigenvalue weighted by Gasteiger charge is 2.09. The van der Waals surface area contributed by atoms with Gasteiger partial charge in [-0.15, -0.1) is 0 Å². The van der Waals surface area contributed by atoms with Gasteiger partial charge in [0.1, 0.15) is 5.82 Å². The summed E-state index contributed by atoms with van der Waals surface area (Å²) in [6, 6.07) is 6.50. The first-order valence-corrected chi connectivity index (χ1v) is 5.83. The van der Waals surface area contributed by atoms with Gasteiger partial charge in [-0.3, -0.25) is 4.90 Å². The molecule has 0 amide bonds. The highest BCUT2D eigenvalue weighted by atomic mass is 19.1. The van der Waals surface area contributed by atoms with E-state index in [0.29, 0.717) is 13.1 Å². The average molecular weight is 252 g/mol. The topological polar surface area (TPSA) is 59.5 Å². The molecule has 5 heteroatoms. The minimum Gasteiger partial charge on any atom is -0.394 e. The minimum absolute atomic E-state index is 0.248. The van der Waals surface area contributed by atoms with Crippen molar-refractivity contribution in [1.29, 1.82) is 0 Å². The van der Waals surface area contributed by atoms with Gasteiger partial charge < -0.3 is 15.2 Å². The van der Waals surface area contributed by atoms with Crippen LogP contribution in [0.3, 0.4) is 0 Å². The maximum absolute atomic E-state index is 13.0. The molecular weight excluding hydrogens is 235 g/mol. The molecule has 0 aliphatic heterocycles. The molecule has 0 saturated heterocycles. The molecule has 0 fully saturated rings. The first-order chi connectivity index (χ1) is 8.58. The van der Waals surface area contributed by atoms with Gasteiger partial charge in [0.2, 0.25) is 0 Å². The number of aliphatic hydroxyl groups is 2. The molecule has 98 valence electrons. The zero-order chi connectivity index (χ0) is 13.1. The first-order valence-electron chi connectivity index (χ1n) is 5.83. The fraction of sp³-hybridized carbons (Fsp3) is 0.385. The normalized spacial score (nSPS) is 13.4. The largest absolute Gasteiger partial charge is 0.394 e. The van der Waals surface area contributed by atoms with Gasteiger partial charge in [-0.1, -0.05) is 0 Å². The van der Waals surface area contributed by atoms with Crippen LogP contribution < -0.4 is 0 Å². The lowest BCUT2D eigenvalue weighted by atomic mass is 10.2. The van der Waals surface area contributed by atoms with Gasteiger partial charge in [0.15, 0.2) is 0 Å². The average Bonchev–Trinajstić information content (AvgIpc) is 2.69. The number of benzene rings is 1. The summed E-state index contributed by atoms with van der Waals surface area (Å²) in [4.78, 5) is 5.08. The number of aromatic amines is 1. The summed E-state index contributed by atoms with van der Waals surface area (Å²) in [7, 11) is 1.85. The molecule has 1 atom stereocenters. The first kappa shape index (κ1) is 13.0. The smallest absolute Gasteiger partial charge is 0.123 e. The van der Waals surface area contributed by atoms with E-state index in [0.717, 1.165) is 16.6 Å². The van der Waals surface area contributed by atoms with Gasteiger partial charge in [0, 0.05) is 29.7 Å². The molecule has 1 heterocycles. The fourth-order valence-corrected chi connectivity index (χ4v) is 2.02. The van der Waals surface area contributed by atoms with E-state index in [1.807, 2.05) is 18.0 Å². The summed E-state index contributed by atoms with van der Waals surface area (Å²) < 4.78 is 13.0. The van der Waals surface area contributed by atoms with Crippen molar-refractivity contribution in [2.75, 3.05) is 20.2 Å². The van der Waals surface area contributed by atoms with Crippen molar-refractivity contribution >= 4 is 10.9 Å². The maximum Gasteiger partial charge on any atom is 0.123 e. The van der Waals surface area contributed by atoms with Crippen LogP contribution in [-0.4, -0.2) is 46.4 Å². The van der Waals surface area contributed by atoms with E-state index in [2.05, 4.69) is 4.98 Å². The number of nitrogens with one attached hydrogen (secondary N) is 1. The Labute approximate surface area is 105 Å². The van der Waals surface area contributed by atoms with Crippen LogP contribution in [0.25, 0.3) is 10.9 Å². The van der Waals surface area contributed by atoms with Crippen molar-refractivity contribution in [2.24, 2.45) is 0 Å². The predicted octanol–water partition coefficient (Wildman–Crippen LogP) is 1.09. The molecule has 0 saturated carbocycles. The third-order valence-electron chi connectivity index (χ3n) is 2.81. The molecule has 1 aromatic heterocycles. The number of aliphatic hydroxyl groups excluding tert-OH is 2. The molecule has 0 aliphatic rings. The number of aromatic nitrogens is 1. The van der Waals surface area contributed by atoms with Crippen molar-refractivity contribution in [2.45, 2.75) is 12.6 Å². The van der Waals surface area contributed by atoms with Gasteiger partial charge in [-0.05, 0) is 31.3 Å². The number of halogens is 1. The molecule has 1 aromatic carbocycles. The number of fused-ring (bicyclic) bond motifs is 1. The number of nitrogens with zero attached hydrogens (tertiary/aromatic N) is 1. The second-order valence-electron chi connectivity index (χ2n) is 4.56. The van der Waals surface area contributed by atoms with Crippen molar-refractivity contribution in [1.82, 2.24) is 9.88 Å². The van der Waals surface area contributed by atoms with Crippen LogP contribution in [0.2, 0.25) is 0 Å². The van der Waals surface area contributed by atoms with Crippen LogP contribution in [0.5, 0.6) is 0 Å². The highest BCUT2D eigenvalue weighted by molar-refractivity contribution is 5.80. The SMILES string of the molecule is CN(Cc1cc2cc(F)ccc2[nH]1)C[C@@H](O)CO. The van der Waals surface area contributed by atoms with E-state index in [1.54, 1.807) is 6.07 Å². The molecule has 0 bridgehead atoms. The van der Waals surface area contributed by atoms with Crippen molar-refractivity contribution in [3.8, 4) is 0 Å². The van der Waals surface area contributed by atoms with Crippen molar-refractivity contribution in [3.05, 3.63) is 35.8 Å². The fourth-order valence-electron chi connectivity index (χ4n) is 2.02. The van der Waals surface area contributed by atoms with E-state index < -0.39 is 6.10 Å². The van der Waals surface area contributed by atoms with Gasteiger partial charge >= 0.3 is 0 Å². The number of rotatable bonds is 5. The summed E-state index contributed by atoms with van der Waals surface area (Å²) >= 11 is 0. The second-order valence-corrected chi connectivity index (χ2v) is 4.56. The highest BCUT2D eigenvalue weighted by Crippen LogP contribution is 2.17. The van der Waals surface area contributed by atoms with E-state index in [-0.39, 0.29) is 12.4 Å². The van der Waals surface area contributed by atoms with Gasteiger partial charge in [-0.25, -0.2) is 4.39 Å². The van der Waals surface area contributed by atoms with Crippen LogP contribution in [0.15, 0.2) is 24.3 Å². The summed E-state index contributed by atoms with van der Waals surface area (Å²) in [5, 5.41) is 18.9. The lowest BCUT2D eigenvalue weighted by Gasteiger charge is -2.18. The summed E-state index contributed by atoms with van der Waals surface area (Å²) in [5.74, 6) is -0.253. The molecule has 2 rings (SSSR count). The monoisotopic (exact) mass is 252 g/mol. The molecule has 0 unspecified atom stereocenters. The van der Waals surface area contributed by atoms with E-state index >= 15 is 0 Å². The van der Waals surface area contributed by atoms with Crippen molar-refractivity contribution < 1.29 is 14.6 Å². The van der Waals surface area contributed by atoms with E-state index in [9.17, 15) is 9.50 Å². The van der Waals surface area contributed by atoms with Crippen LogP contribution >= 0.6 is 0 Å². The number of H-pyrrole nitrogens is 1. The molecule has 4 nitrogen and oxygen atoms in total. The summed E-state index contributed by atoms with van der Waals surface area (Å²) in [6.45, 7) is 0.746. The van der Waals surface area contributed by atoms with Crippen LogP contribution in [0.4, 0.5) is 4.39 Å². The van der Waals surface area contributed by atoms with Crippen LogP contribution in [-0.2, 0) is 6.54 Å². The Bertz CT molecular complexity index is 527. The Morgan fingerprint density at radius 3 is 2.89 bits per heavy atom. The molecule has 2 aromatic rings. The molecule has 0 spiro atoms. The van der Waals surface area contributed by atoms with Crippen LogP contribution in [0.1, 0.15) is 5.69 Å². The third-order valence-corrected chi connectivity index (χ3v) is 2.81. The number of hydrogen-bond acceptors (Lipinski definition) is 3. The van der Waals surface area contributed by atoms with Gasteiger partial charge in [-0.2, -0.15) is 0 Å². The molecule has 3 N–H and O–H groups in total. The lowest BCUT2D eigenvalue weighted by Crippen LogP contribution is -2.31. The zero-order valence-electron chi connectivity index (χ0n) is 10.2. The Balaban J connectivity index is 2.07. The molecule has 0 radical (unpaired) electrons. The Morgan fingerprint density at radius 1 is 1.39 bits per heavy atom. The quantitative estimate of drug-likeness (QED) is 0.746. The standard InChI is InChI=1S/C13H17FN2O2/c1-16(7-12(18)8-17)6-11-5-9-4-10(14)2-3-13(9)15-11/h2-5,12,15,17-18H,6-8H2,1H3/t12-/m1/s1. The zero-order valence-corrected chi connectivity index (χ0v) is 10.2. The second kappa shape index (κ2) is 5.48. The third kappa shape index (κ3) is 3.07. The summed E-state index contributed by atoms with van der Waals surface area (Å²) in [5.41, 5.74) is 1.84. The Hall–Kier alpha value is -1.43. The van der Waals surface area contributed by atoms with Crippen molar-refractivity contribution in [3.63, 3.8) is 0 Å². The van der Waals surface area contributed by atoms with Gasteiger partial charge in [0.05, 0.1) is 12.7 Å². The van der Waals surface area contributed by atoms with Gasteiger partial charge in [0.25, 0.3) is 0 Å². The molecule has 18 heavy (non-hydrogen) atoms. The molecular formula is C13H17FN2O2. The Kier molecular flexibility index (Phi) is 3.96. The Morgan fingerprint density at radius 2 is 2.17 bits per heavy atom. The summed E-state index contributed by atoms with van der Waals surface area (Å²) in [6.07, 6.45) is -0.739. The maximum atomic E-state index is 13.0. The number of hydrogen-bond donors (Lipinski definition) is 3. The molecule has 0 aliphatic carbocycles. The van der Waals surface area contributed by atoms with Crippen LogP contribution in [0, 0.1) is 5.82 Å².